The summed E-state index contributed by atoms with van der Waals surface area (Å²) in [6.07, 6.45) is -8.98. The summed E-state index contributed by atoms with van der Waals surface area (Å²) in [5, 5.41) is 0. The molecule has 0 aliphatic carbocycles. The van der Waals surface area contributed by atoms with Gasteiger partial charge in [-0.1, -0.05) is 67.9 Å². The van der Waals surface area contributed by atoms with Crippen LogP contribution >= 0.6 is 0 Å². The van der Waals surface area contributed by atoms with Gasteiger partial charge >= 0.3 is 12.4 Å². The minimum atomic E-state index is -4.51. The van der Waals surface area contributed by atoms with Crippen molar-refractivity contribution >= 4 is 5.91 Å². The molecule has 3 aromatic rings. The van der Waals surface area contributed by atoms with Crippen LogP contribution in [-0.2, 0) is 18.9 Å². The highest BCUT2D eigenvalue weighted by molar-refractivity contribution is 5.94. The van der Waals surface area contributed by atoms with Gasteiger partial charge in [0.2, 0.25) is 0 Å². The zero-order chi connectivity index (χ0) is 29.9. The summed E-state index contributed by atoms with van der Waals surface area (Å²) < 4.78 is 80.6. The van der Waals surface area contributed by atoms with E-state index in [4.69, 9.17) is 0 Å². The summed E-state index contributed by atoms with van der Waals surface area (Å²) in [5.41, 5.74) is 1.03. The van der Waals surface area contributed by atoms with Crippen LogP contribution in [0.4, 0.5) is 26.3 Å². The maximum absolute atomic E-state index is 13.6. The molecular formula is C32H34F6N2O. The standard InChI is InChI=1S/C32H34F6N2O/c1-21(2)16-40(30(41)24-12-10-22(3)11-13-24)19-26-18-39(17-23-6-4-8-27(14-23)31(33,34)35)20-29(26)25-7-5-9-28(15-25)32(36,37)38/h4-15,21,26,29H,16-20H2,1-3H3. The first kappa shape index (κ1) is 30.6. The lowest BCUT2D eigenvalue weighted by Gasteiger charge is -2.30. The van der Waals surface area contributed by atoms with Crippen molar-refractivity contribution in [2.45, 2.75) is 45.6 Å². The second kappa shape index (κ2) is 12.3. The molecule has 0 N–H and O–H groups in total. The number of rotatable bonds is 8. The summed E-state index contributed by atoms with van der Waals surface area (Å²) in [4.78, 5) is 17.3. The number of carbonyl (C=O) groups excluding carboxylic acids is 1. The third-order valence-electron chi connectivity index (χ3n) is 7.45. The van der Waals surface area contributed by atoms with Crippen molar-refractivity contribution in [1.29, 1.82) is 0 Å². The van der Waals surface area contributed by atoms with Gasteiger partial charge in [0.25, 0.3) is 5.91 Å². The highest BCUT2D eigenvalue weighted by Crippen LogP contribution is 2.38. The van der Waals surface area contributed by atoms with Crippen LogP contribution in [0.15, 0.2) is 72.8 Å². The fraction of sp³-hybridized carbons (Fsp3) is 0.406. The highest BCUT2D eigenvalue weighted by atomic mass is 19.4. The van der Waals surface area contributed by atoms with Crippen molar-refractivity contribution in [2.24, 2.45) is 11.8 Å². The summed E-state index contributed by atoms with van der Waals surface area (Å²) >= 11 is 0. The molecule has 2 atom stereocenters. The maximum Gasteiger partial charge on any atom is 0.416 e. The van der Waals surface area contributed by atoms with Crippen molar-refractivity contribution in [3.05, 3.63) is 106 Å². The van der Waals surface area contributed by atoms with Crippen molar-refractivity contribution in [2.75, 3.05) is 26.2 Å². The van der Waals surface area contributed by atoms with E-state index in [-0.39, 0.29) is 30.2 Å². The summed E-state index contributed by atoms with van der Waals surface area (Å²) in [7, 11) is 0. The molecule has 1 amide bonds. The molecule has 2 unspecified atom stereocenters. The molecule has 41 heavy (non-hydrogen) atoms. The van der Waals surface area contributed by atoms with Gasteiger partial charge in [-0.25, -0.2) is 0 Å². The maximum atomic E-state index is 13.6. The monoisotopic (exact) mass is 576 g/mol. The molecule has 3 nitrogen and oxygen atoms in total. The molecule has 1 heterocycles. The molecule has 4 rings (SSSR count). The fourth-order valence-electron chi connectivity index (χ4n) is 5.55. The number of alkyl halides is 6. The largest absolute Gasteiger partial charge is 0.416 e. The number of halogens is 6. The van der Waals surface area contributed by atoms with E-state index in [0.717, 1.165) is 29.8 Å². The second-order valence-electron chi connectivity index (χ2n) is 11.4. The van der Waals surface area contributed by atoms with Crippen LogP contribution in [0.3, 0.4) is 0 Å². The number of nitrogens with zero attached hydrogens (tertiary/aromatic N) is 2. The minimum Gasteiger partial charge on any atom is -0.338 e. The number of amides is 1. The SMILES string of the molecule is Cc1ccc(C(=O)N(CC(C)C)CC2CN(Cc3cccc(C(F)(F)F)c3)CC2c2cccc(C(F)(F)F)c2)cc1. The third kappa shape index (κ3) is 7.91. The first-order chi connectivity index (χ1) is 19.2. The van der Waals surface area contributed by atoms with Crippen LogP contribution < -0.4 is 0 Å². The Bertz CT molecular complexity index is 1330. The number of likely N-dealkylation sites (tertiary alicyclic amines) is 1. The average molecular weight is 577 g/mol. The highest BCUT2D eigenvalue weighted by Gasteiger charge is 2.38. The van der Waals surface area contributed by atoms with Crippen LogP contribution in [0, 0.1) is 18.8 Å². The molecular weight excluding hydrogens is 542 g/mol. The van der Waals surface area contributed by atoms with Gasteiger partial charge in [0.05, 0.1) is 11.1 Å². The number of benzene rings is 3. The number of carbonyl (C=O) groups is 1. The van der Waals surface area contributed by atoms with Gasteiger partial charge in [-0.05, 0) is 54.2 Å². The van der Waals surface area contributed by atoms with Crippen molar-refractivity contribution in [3.63, 3.8) is 0 Å². The Morgan fingerprint density at radius 2 is 1.49 bits per heavy atom. The summed E-state index contributed by atoms with van der Waals surface area (Å²) in [6, 6.07) is 17.6. The molecule has 220 valence electrons. The first-order valence-electron chi connectivity index (χ1n) is 13.6. The predicted octanol–water partition coefficient (Wildman–Crippen LogP) is 8.05. The average Bonchev–Trinajstić information content (AvgIpc) is 3.29. The topological polar surface area (TPSA) is 23.6 Å². The minimum absolute atomic E-state index is 0.152. The molecule has 3 aromatic carbocycles. The third-order valence-corrected chi connectivity index (χ3v) is 7.45. The Labute approximate surface area is 236 Å². The smallest absolute Gasteiger partial charge is 0.338 e. The Hall–Kier alpha value is -3.33. The van der Waals surface area contributed by atoms with E-state index in [0.29, 0.717) is 42.9 Å². The van der Waals surface area contributed by atoms with E-state index in [1.807, 2.05) is 37.8 Å². The molecule has 0 aromatic heterocycles. The lowest BCUT2D eigenvalue weighted by molar-refractivity contribution is -0.138. The van der Waals surface area contributed by atoms with Crippen LogP contribution in [0.1, 0.15) is 57.9 Å². The van der Waals surface area contributed by atoms with E-state index >= 15 is 0 Å². The molecule has 9 heteroatoms. The second-order valence-corrected chi connectivity index (χ2v) is 11.4. The quantitative estimate of drug-likeness (QED) is 0.254. The Balaban J connectivity index is 1.64. The lowest BCUT2D eigenvalue weighted by Crippen LogP contribution is -2.39. The summed E-state index contributed by atoms with van der Waals surface area (Å²) in [6.45, 7) is 7.69. The number of hydrogen-bond donors (Lipinski definition) is 0. The van der Waals surface area contributed by atoms with Gasteiger partial charge in [-0.15, -0.1) is 0 Å². The van der Waals surface area contributed by atoms with Gasteiger partial charge in [0.1, 0.15) is 0 Å². The Morgan fingerprint density at radius 1 is 0.878 bits per heavy atom. The van der Waals surface area contributed by atoms with Crippen molar-refractivity contribution < 1.29 is 31.1 Å². The van der Waals surface area contributed by atoms with E-state index in [2.05, 4.69) is 0 Å². The fourth-order valence-corrected chi connectivity index (χ4v) is 5.55. The van der Waals surface area contributed by atoms with E-state index in [1.54, 1.807) is 29.2 Å². The van der Waals surface area contributed by atoms with Gasteiger partial charge in [-0.2, -0.15) is 26.3 Å². The zero-order valence-corrected chi connectivity index (χ0v) is 23.3. The van der Waals surface area contributed by atoms with Gasteiger partial charge in [0, 0.05) is 44.2 Å². The Morgan fingerprint density at radius 3 is 2.10 bits per heavy atom. The molecule has 1 saturated heterocycles. The molecule has 1 aliphatic heterocycles. The van der Waals surface area contributed by atoms with Crippen molar-refractivity contribution in [3.8, 4) is 0 Å². The van der Waals surface area contributed by atoms with E-state index < -0.39 is 23.5 Å². The zero-order valence-electron chi connectivity index (χ0n) is 23.3. The molecule has 0 radical (unpaired) electrons. The van der Waals surface area contributed by atoms with Crippen LogP contribution in [0.5, 0.6) is 0 Å². The van der Waals surface area contributed by atoms with Crippen LogP contribution in [0.2, 0.25) is 0 Å². The van der Waals surface area contributed by atoms with Gasteiger partial charge in [-0.3, -0.25) is 9.69 Å². The molecule has 0 saturated carbocycles. The van der Waals surface area contributed by atoms with Crippen LogP contribution in [0.25, 0.3) is 0 Å². The van der Waals surface area contributed by atoms with Gasteiger partial charge < -0.3 is 4.90 Å². The molecule has 0 bridgehead atoms. The number of aryl methyl sites for hydroxylation is 1. The van der Waals surface area contributed by atoms with E-state index in [9.17, 15) is 31.1 Å². The summed E-state index contributed by atoms with van der Waals surface area (Å²) in [5.74, 6) is -0.571. The van der Waals surface area contributed by atoms with E-state index in [1.165, 1.54) is 12.1 Å². The van der Waals surface area contributed by atoms with Crippen LogP contribution in [-0.4, -0.2) is 41.9 Å². The number of hydrogen-bond acceptors (Lipinski definition) is 2. The lowest BCUT2D eigenvalue weighted by atomic mass is 9.87. The molecule has 1 fully saturated rings. The first-order valence-corrected chi connectivity index (χ1v) is 13.6. The molecule has 0 spiro atoms. The Kier molecular flexibility index (Phi) is 9.16. The van der Waals surface area contributed by atoms with Gasteiger partial charge in [0.15, 0.2) is 0 Å². The predicted molar refractivity (Wildman–Crippen MR) is 146 cm³/mol. The van der Waals surface area contributed by atoms with Crippen molar-refractivity contribution in [1.82, 2.24) is 9.80 Å². The molecule has 1 aliphatic rings. The normalized spacial score (nSPS) is 18.2.